The summed E-state index contributed by atoms with van der Waals surface area (Å²) >= 11 is 3.18. The van der Waals surface area contributed by atoms with Gasteiger partial charge in [-0.3, -0.25) is 4.57 Å². The summed E-state index contributed by atoms with van der Waals surface area (Å²) in [4.78, 5) is 12.8. The molecule has 3 nitrogen and oxygen atoms in total. The van der Waals surface area contributed by atoms with Gasteiger partial charge < -0.3 is 4.89 Å². The lowest BCUT2D eigenvalue weighted by Gasteiger charge is -2.02. The number of hydrogen-bond donors (Lipinski definition) is 1. The molecule has 1 aromatic rings. The van der Waals surface area contributed by atoms with Crippen LogP contribution in [-0.4, -0.2) is 16.5 Å². The van der Waals surface area contributed by atoms with Crippen molar-refractivity contribution in [3.05, 3.63) is 22.8 Å². The molecule has 0 aliphatic carbocycles. The molecule has 0 aliphatic heterocycles. The highest BCUT2D eigenvalue weighted by atomic mass is 79.9. The Morgan fingerprint density at radius 3 is 2.64 bits per heavy atom. The third-order valence-electron chi connectivity index (χ3n) is 1.14. The van der Waals surface area contributed by atoms with Crippen LogP contribution in [0.25, 0.3) is 0 Å². The zero-order chi connectivity index (χ0) is 8.48. The average molecular weight is 236 g/mol. The summed E-state index contributed by atoms with van der Waals surface area (Å²) in [7, 11) is -3.17. The Hall–Kier alpha value is -0.180. The van der Waals surface area contributed by atoms with Crippen LogP contribution in [0.2, 0.25) is 0 Å². The second-order valence-electron chi connectivity index (χ2n) is 2.21. The maximum Gasteiger partial charge on any atom is 0.244 e. The van der Waals surface area contributed by atoms with Crippen LogP contribution in [0.5, 0.6) is 0 Å². The SMILES string of the molecule is CP(=O)(O)c1ccc(Br)cn1. The van der Waals surface area contributed by atoms with Gasteiger partial charge >= 0.3 is 0 Å². The summed E-state index contributed by atoms with van der Waals surface area (Å²) in [6.45, 7) is 1.27. The van der Waals surface area contributed by atoms with E-state index in [1.54, 1.807) is 6.07 Å². The van der Waals surface area contributed by atoms with Crippen LogP contribution in [0.1, 0.15) is 0 Å². The van der Waals surface area contributed by atoms with Gasteiger partial charge in [0.05, 0.1) is 0 Å². The topological polar surface area (TPSA) is 50.2 Å². The van der Waals surface area contributed by atoms with E-state index in [1.807, 2.05) is 0 Å². The first-order chi connectivity index (χ1) is 5.00. The molecule has 1 unspecified atom stereocenters. The van der Waals surface area contributed by atoms with E-state index in [9.17, 15) is 4.57 Å². The van der Waals surface area contributed by atoms with Gasteiger partial charge in [-0.1, -0.05) is 0 Å². The highest BCUT2D eigenvalue weighted by Crippen LogP contribution is 2.32. The van der Waals surface area contributed by atoms with Gasteiger partial charge in [0.2, 0.25) is 7.37 Å². The molecular formula is C6H7BrNO2P. The normalized spacial score (nSPS) is 15.9. The van der Waals surface area contributed by atoms with E-state index >= 15 is 0 Å². The van der Waals surface area contributed by atoms with E-state index < -0.39 is 7.37 Å². The fraction of sp³-hybridized carbons (Fsp3) is 0.167. The quantitative estimate of drug-likeness (QED) is 0.749. The Morgan fingerprint density at radius 1 is 1.64 bits per heavy atom. The van der Waals surface area contributed by atoms with Crippen molar-refractivity contribution in [3.8, 4) is 0 Å². The lowest BCUT2D eigenvalue weighted by Crippen LogP contribution is -2.06. The monoisotopic (exact) mass is 235 g/mol. The summed E-state index contributed by atoms with van der Waals surface area (Å²) in [5.41, 5.74) is 0.237. The summed E-state index contributed by atoms with van der Waals surface area (Å²) in [5.74, 6) is 0. The smallest absolute Gasteiger partial charge is 0.244 e. The third kappa shape index (κ3) is 2.40. The second kappa shape index (κ2) is 3.05. The van der Waals surface area contributed by atoms with Crippen LogP contribution in [0.15, 0.2) is 22.8 Å². The van der Waals surface area contributed by atoms with E-state index in [0.29, 0.717) is 0 Å². The predicted octanol–water partition coefficient (Wildman–Crippen LogP) is 1.37. The van der Waals surface area contributed by atoms with E-state index in [1.165, 1.54) is 18.9 Å². The molecule has 0 bridgehead atoms. The maximum atomic E-state index is 11.0. The molecule has 1 heterocycles. The van der Waals surface area contributed by atoms with Crippen molar-refractivity contribution in [2.24, 2.45) is 0 Å². The molecule has 11 heavy (non-hydrogen) atoms. The molecule has 0 aromatic carbocycles. The van der Waals surface area contributed by atoms with Crippen LogP contribution in [0, 0.1) is 0 Å². The lowest BCUT2D eigenvalue weighted by atomic mass is 10.5. The number of pyridine rings is 1. The predicted molar refractivity (Wildman–Crippen MR) is 47.3 cm³/mol. The molecule has 1 rings (SSSR count). The van der Waals surface area contributed by atoms with Gasteiger partial charge in [-0.05, 0) is 28.1 Å². The Labute approximate surface area is 73.1 Å². The minimum absolute atomic E-state index is 0.237. The number of nitrogens with zero attached hydrogens (tertiary/aromatic N) is 1. The maximum absolute atomic E-state index is 11.0. The van der Waals surface area contributed by atoms with Crippen molar-refractivity contribution in [3.63, 3.8) is 0 Å². The second-order valence-corrected chi connectivity index (χ2v) is 5.35. The average Bonchev–Trinajstić information content (AvgIpc) is 1.86. The van der Waals surface area contributed by atoms with Gasteiger partial charge in [0.1, 0.15) is 5.44 Å². The minimum Gasteiger partial charge on any atom is -0.340 e. The van der Waals surface area contributed by atoms with Gasteiger partial charge in [0, 0.05) is 17.3 Å². The van der Waals surface area contributed by atoms with Crippen LogP contribution in [-0.2, 0) is 4.57 Å². The van der Waals surface area contributed by atoms with Gasteiger partial charge in [0.15, 0.2) is 0 Å². The molecule has 0 radical (unpaired) electrons. The van der Waals surface area contributed by atoms with Crippen LogP contribution >= 0.6 is 23.3 Å². The van der Waals surface area contributed by atoms with Crippen molar-refractivity contribution in [2.45, 2.75) is 0 Å². The van der Waals surface area contributed by atoms with Gasteiger partial charge in [-0.15, -0.1) is 0 Å². The first-order valence-electron chi connectivity index (χ1n) is 2.92. The molecule has 60 valence electrons. The molecule has 0 saturated heterocycles. The van der Waals surface area contributed by atoms with Crippen molar-refractivity contribution in [1.29, 1.82) is 0 Å². The van der Waals surface area contributed by atoms with Gasteiger partial charge in [0.25, 0.3) is 0 Å². The Morgan fingerprint density at radius 2 is 2.27 bits per heavy atom. The zero-order valence-electron chi connectivity index (χ0n) is 5.86. The summed E-state index contributed by atoms with van der Waals surface area (Å²) in [6.07, 6.45) is 1.50. The highest BCUT2D eigenvalue weighted by molar-refractivity contribution is 9.10. The molecule has 5 heteroatoms. The van der Waals surface area contributed by atoms with Crippen LogP contribution in [0.3, 0.4) is 0 Å². The summed E-state index contributed by atoms with van der Waals surface area (Å²) in [6, 6.07) is 3.22. The fourth-order valence-electron chi connectivity index (χ4n) is 0.613. The Bertz CT molecular complexity index is 292. The molecule has 0 amide bonds. The van der Waals surface area contributed by atoms with Gasteiger partial charge in [-0.2, -0.15) is 0 Å². The minimum atomic E-state index is -3.17. The Balaban J connectivity index is 3.09. The first-order valence-corrected chi connectivity index (χ1v) is 5.82. The van der Waals surface area contributed by atoms with Crippen molar-refractivity contribution in [1.82, 2.24) is 4.98 Å². The highest BCUT2D eigenvalue weighted by Gasteiger charge is 2.14. The third-order valence-corrected chi connectivity index (χ3v) is 2.72. The van der Waals surface area contributed by atoms with Gasteiger partial charge in [-0.25, -0.2) is 4.98 Å². The van der Waals surface area contributed by atoms with E-state index in [-0.39, 0.29) is 5.44 Å². The number of rotatable bonds is 1. The zero-order valence-corrected chi connectivity index (χ0v) is 8.34. The molecular weight excluding hydrogens is 229 g/mol. The first kappa shape index (κ1) is 8.91. The van der Waals surface area contributed by atoms with Crippen LogP contribution < -0.4 is 5.44 Å². The van der Waals surface area contributed by atoms with E-state index in [2.05, 4.69) is 20.9 Å². The van der Waals surface area contributed by atoms with Crippen molar-refractivity contribution >= 4 is 28.7 Å². The standard InChI is InChI=1S/C6H7BrNO2P/c1-11(9,10)6-3-2-5(7)4-8-6/h2-4H,1H3,(H,9,10). The molecule has 1 atom stereocenters. The molecule has 0 aliphatic rings. The van der Waals surface area contributed by atoms with E-state index in [4.69, 9.17) is 4.89 Å². The molecule has 0 fully saturated rings. The summed E-state index contributed by atoms with van der Waals surface area (Å²) < 4.78 is 11.8. The molecule has 0 spiro atoms. The van der Waals surface area contributed by atoms with E-state index in [0.717, 1.165) is 4.47 Å². The molecule has 1 N–H and O–H groups in total. The Kier molecular flexibility index (Phi) is 2.47. The number of halogens is 1. The number of aromatic nitrogens is 1. The lowest BCUT2D eigenvalue weighted by molar-refractivity contribution is 0.495. The van der Waals surface area contributed by atoms with Crippen molar-refractivity contribution < 1.29 is 9.46 Å². The largest absolute Gasteiger partial charge is 0.340 e. The molecule has 0 saturated carbocycles. The number of hydrogen-bond acceptors (Lipinski definition) is 2. The fourth-order valence-corrected chi connectivity index (χ4v) is 1.47. The summed E-state index contributed by atoms with van der Waals surface area (Å²) in [5, 5.41) is 0. The van der Waals surface area contributed by atoms with Crippen molar-refractivity contribution in [2.75, 3.05) is 6.66 Å². The van der Waals surface area contributed by atoms with Crippen LogP contribution in [0.4, 0.5) is 0 Å². The molecule has 1 aromatic heterocycles.